The molecule has 0 heterocycles. The molecule has 0 amide bonds. The standard InChI is InChI=1S/C14H20O3Si/c1-3-14(15)17-10-7-11-18(16-2)12-13-8-5-4-6-9-13/h3-6,8-9,18H,1,7,10-12H2,2H3. The van der Waals surface area contributed by atoms with Gasteiger partial charge in [-0.15, -0.1) is 0 Å². The lowest BCUT2D eigenvalue weighted by atomic mass is 10.2. The highest BCUT2D eigenvalue weighted by atomic mass is 28.3. The molecule has 0 N–H and O–H groups in total. The second kappa shape index (κ2) is 8.66. The summed E-state index contributed by atoms with van der Waals surface area (Å²) in [5, 5.41) is 0. The summed E-state index contributed by atoms with van der Waals surface area (Å²) in [5.74, 6) is -0.353. The molecule has 0 saturated carbocycles. The molecule has 4 heteroatoms. The summed E-state index contributed by atoms with van der Waals surface area (Å²) in [6.45, 7) is 3.81. The highest BCUT2D eigenvalue weighted by Gasteiger charge is 2.11. The number of hydrogen-bond donors (Lipinski definition) is 0. The molecule has 18 heavy (non-hydrogen) atoms. The van der Waals surface area contributed by atoms with Crippen LogP contribution in [0, 0.1) is 0 Å². The average Bonchev–Trinajstić information content (AvgIpc) is 2.43. The van der Waals surface area contributed by atoms with E-state index in [2.05, 4.69) is 18.7 Å². The molecule has 1 aromatic rings. The lowest BCUT2D eigenvalue weighted by Crippen LogP contribution is -2.20. The fraction of sp³-hybridized carbons (Fsp3) is 0.357. The van der Waals surface area contributed by atoms with Gasteiger partial charge in [-0.05, 0) is 24.1 Å². The minimum atomic E-state index is -1.23. The molecule has 1 rings (SSSR count). The fourth-order valence-electron chi connectivity index (χ4n) is 1.72. The van der Waals surface area contributed by atoms with Gasteiger partial charge in [-0.25, -0.2) is 4.79 Å². The van der Waals surface area contributed by atoms with Gasteiger partial charge in [0.05, 0.1) is 6.61 Å². The zero-order chi connectivity index (χ0) is 13.2. The Morgan fingerprint density at radius 3 is 2.72 bits per heavy atom. The smallest absolute Gasteiger partial charge is 0.330 e. The number of benzene rings is 1. The van der Waals surface area contributed by atoms with Gasteiger partial charge in [0.25, 0.3) is 0 Å². The van der Waals surface area contributed by atoms with Crippen LogP contribution in [0.2, 0.25) is 6.04 Å². The second-order valence-electron chi connectivity index (χ2n) is 4.06. The van der Waals surface area contributed by atoms with E-state index in [1.165, 1.54) is 11.6 Å². The third-order valence-corrected chi connectivity index (χ3v) is 5.37. The third-order valence-electron chi connectivity index (χ3n) is 2.72. The monoisotopic (exact) mass is 264 g/mol. The molecule has 0 radical (unpaired) electrons. The molecule has 1 unspecified atom stereocenters. The van der Waals surface area contributed by atoms with E-state index >= 15 is 0 Å². The van der Waals surface area contributed by atoms with Crippen molar-refractivity contribution in [2.75, 3.05) is 13.7 Å². The van der Waals surface area contributed by atoms with Gasteiger partial charge in [-0.1, -0.05) is 36.9 Å². The summed E-state index contributed by atoms with van der Waals surface area (Å²) in [6, 6.07) is 12.4. The van der Waals surface area contributed by atoms with Gasteiger partial charge in [0.2, 0.25) is 0 Å². The zero-order valence-corrected chi connectivity index (χ0v) is 12.0. The highest BCUT2D eigenvalue weighted by Crippen LogP contribution is 2.08. The van der Waals surface area contributed by atoms with Crippen LogP contribution in [0.25, 0.3) is 0 Å². The van der Waals surface area contributed by atoms with Crippen LogP contribution in [0.15, 0.2) is 43.0 Å². The number of carbonyl (C=O) groups is 1. The van der Waals surface area contributed by atoms with Gasteiger partial charge in [0, 0.05) is 13.2 Å². The molecule has 0 bridgehead atoms. The lowest BCUT2D eigenvalue weighted by Gasteiger charge is -2.13. The Kier molecular flexibility index (Phi) is 7.06. The Morgan fingerprint density at radius 2 is 2.11 bits per heavy atom. The van der Waals surface area contributed by atoms with Gasteiger partial charge in [-0.2, -0.15) is 0 Å². The first-order valence-corrected chi connectivity index (χ1v) is 8.22. The van der Waals surface area contributed by atoms with Gasteiger partial charge in [-0.3, -0.25) is 0 Å². The minimum absolute atomic E-state index is 0.353. The van der Waals surface area contributed by atoms with Crippen LogP contribution < -0.4 is 0 Å². The van der Waals surface area contributed by atoms with Crippen LogP contribution in [-0.4, -0.2) is 28.7 Å². The van der Waals surface area contributed by atoms with Crippen molar-refractivity contribution in [2.24, 2.45) is 0 Å². The fourth-order valence-corrected chi connectivity index (χ4v) is 3.75. The predicted octanol–water partition coefficient (Wildman–Crippen LogP) is 2.26. The molecule has 0 aromatic heterocycles. The summed E-state index contributed by atoms with van der Waals surface area (Å²) in [6.07, 6.45) is 2.05. The molecular formula is C14H20O3Si. The molecule has 1 atom stereocenters. The van der Waals surface area contributed by atoms with Crippen LogP contribution in [0.3, 0.4) is 0 Å². The van der Waals surface area contributed by atoms with Gasteiger partial charge in [0.1, 0.15) is 0 Å². The topological polar surface area (TPSA) is 35.5 Å². The normalized spacial score (nSPS) is 11.8. The molecule has 1 aromatic carbocycles. The van der Waals surface area contributed by atoms with Crippen LogP contribution in [0.4, 0.5) is 0 Å². The van der Waals surface area contributed by atoms with E-state index in [4.69, 9.17) is 9.16 Å². The van der Waals surface area contributed by atoms with E-state index in [-0.39, 0.29) is 5.97 Å². The number of rotatable bonds is 8. The number of carbonyl (C=O) groups excluding carboxylic acids is 1. The van der Waals surface area contributed by atoms with Crippen LogP contribution in [-0.2, 0) is 20.0 Å². The van der Waals surface area contributed by atoms with E-state index in [0.29, 0.717) is 6.61 Å². The first kappa shape index (κ1) is 14.7. The van der Waals surface area contributed by atoms with Crippen molar-refractivity contribution in [2.45, 2.75) is 18.5 Å². The molecule has 0 fully saturated rings. The average molecular weight is 264 g/mol. The van der Waals surface area contributed by atoms with Gasteiger partial charge < -0.3 is 9.16 Å². The van der Waals surface area contributed by atoms with Crippen molar-refractivity contribution in [1.29, 1.82) is 0 Å². The second-order valence-corrected chi connectivity index (χ2v) is 6.76. The lowest BCUT2D eigenvalue weighted by molar-refractivity contribution is -0.137. The van der Waals surface area contributed by atoms with Crippen molar-refractivity contribution < 1.29 is 14.0 Å². The summed E-state index contributed by atoms with van der Waals surface area (Å²) in [7, 11) is 0.545. The van der Waals surface area contributed by atoms with E-state index in [9.17, 15) is 4.79 Å². The molecule has 98 valence electrons. The molecule has 0 aliphatic heterocycles. The Hall–Kier alpha value is -1.39. The third kappa shape index (κ3) is 5.79. The first-order chi connectivity index (χ1) is 8.76. The minimum Gasteiger partial charge on any atom is -0.463 e. The summed E-state index contributed by atoms with van der Waals surface area (Å²) in [5.41, 5.74) is 1.32. The maximum absolute atomic E-state index is 10.9. The maximum Gasteiger partial charge on any atom is 0.330 e. The molecular weight excluding hydrogens is 244 g/mol. The quantitative estimate of drug-likeness (QED) is 0.313. The van der Waals surface area contributed by atoms with E-state index < -0.39 is 9.04 Å². The largest absolute Gasteiger partial charge is 0.463 e. The summed E-state index contributed by atoms with van der Waals surface area (Å²) < 4.78 is 10.5. The van der Waals surface area contributed by atoms with E-state index in [1.54, 1.807) is 7.11 Å². The van der Waals surface area contributed by atoms with Crippen LogP contribution in [0.5, 0.6) is 0 Å². The number of hydrogen-bond acceptors (Lipinski definition) is 3. The van der Waals surface area contributed by atoms with Crippen LogP contribution >= 0.6 is 0 Å². The van der Waals surface area contributed by atoms with Crippen molar-refractivity contribution in [3.63, 3.8) is 0 Å². The van der Waals surface area contributed by atoms with Crippen molar-refractivity contribution in [3.8, 4) is 0 Å². The molecule has 3 nitrogen and oxygen atoms in total. The van der Waals surface area contributed by atoms with E-state index in [1.807, 2.05) is 18.2 Å². The summed E-state index contributed by atoms with van der Waals surface area (Å²) in [4.78, 5) is 10.9. The van der Waals surface area contributed by atoms with Crippen LogP contribution in [0.1, 0.15) is 12.0 Å². The van der Waals surface area contributed by atoms with Gasteiger partial charge >= 0.3 is 5.97 Å². The molecule has 0 spiro atoms. The summed E-state index contributed by atoms with van der Waals surface area (Å²) >= 11 is 0. The van der Waals surface area contributed by atoms with Crippen molar-refractivity contribution in [3.05, 3.63) is 48.6 Å². The Bertz CT molecular complexity index is 365. The Morgan fingerprint density at radius 1 is 1.39 bits per heavy atom. The zero-order valence-electron chi connectivity index (χ0n) is 10.8. The van der Waals surface area contributed by atoms with Gasteiger partial charge in [0.15, 0.2) is 9.04 Å². The van der Waals surface area contributed by atoms with E-state index in [0.717, 1.165) is 18.5 Å². The maximum atomic E-state index is 10.9. The van der Waals surface area contributed by atoms with Crippen molar-refractivity contribution >= 4 is 15.0 Å². The Labute approximate surface area is 110 Å². The molecule has 0 saturated heterocycles. The molecule has 0 aliphatic carbocycles. The SMILES string of the molecule is C=CC(=O)OCCC[SiH](Cc1ccccc1)OC. The number of ether oxygens (including phenoxy) is 1. The number of esters is 1. The Balaban J connectivity index is 2.25. The van der Waals surface area contributed by atoms with Crippen molar-refractivity contribution in [1.82, 2.24) is 0 Å². The predicted molar refractivity (Wildman–Crippen MR) is 74.9 cm³/mol. The molecule has 0 aliphatic rings. The highest BCUT2D eigenvalue weighted by molar-refractivity contribution is 6.51. The first-order valence-electron chi connectivity index (χ1n) is 6.12.